The van der Waals surface area contributed by atoms with Gasteiger partial charge in [-0.3, -0.25) is 9.59 Å². The molecule has 0 spiro atoms. The van der Waals surface area contributed by atoms with Gasteiger partial charge in [-0.1, -0.05) is 19.9 Å². The summed E-state index contributed by atoms with van der Waals surface area (Å²) in [5.74, 6) is -0.801. The van der Waals surface area contributed by atoms with E-state index in [0.29, 0.717) is 5.69 Å². The van der Waals surface area contributed by atoms with Crippen molar-refractivity contribution in [2.24, 2.45) is 5.92 Å². The number of carbonyl (C=O) groups excluding carboxylic acids is 2. The van der Waals surface area contributed by atoms with Gasteiger partial charge < -0.3 is 10.6 Å². The molecule has 1 aromatic rings. The van der Waals surface area contributed by atoms with Crippen LogP contribution < -0.4 is 10.6 Å². The number of rotatable bonds is 6. The van der Waals surface area contributed by atoms with Crippen LogP contribution in [0.15, 0.2) is 29.2 Å². The Balaban J connectivity index is 3.01. The quantitative estimate of drug-likeness (QED) is 0.808. The van der Waals surface area contributed by atoms with Crippen molar-refractivity contribution in [3.63, 3.8) is 0 Å². The molecule has 1 aromatic carbocycles. The predicted octanol–water partition coefficient (Wildman–Crippen LogP) is 1.04. The lowest BCUT2D eigenvalue weighted by Crippen LogP contribution is -2.46. The van der Waals surface area contributed by atoms with Crippen LogP contribution in [0.1, 0.15) is 20.8 Å². The number of benzene rings is 1. The zero-order valence-electron chi connectivity index (χ0n) is 14.0. The number of sulfonamides is 1. The Morgan fingerprint density at radius 2 is 1.78 bits per heavy atom. The Labute approximate surface area is 137 Å². The third-order valence-corrected chi connectivity index (χ3v) is 5.00. The van der Waals surface area contributed by atoms with Crippen LogP contribution in [0.4, 0.5) is 5.69 Å². The van der Waals surface area contributed by atoms with Crippen LogP contribution in [0, 0.1) is 5.92 Å². The third-order valence-electron chi connectivity index (χ3n) is 3.19. The molecule has 0 saturated carbocycles. The first kappa shape index (κ1) is 19.1. The molecule has 8 heteroatoms. The second-order valence-electron chi connectivity index (χ2n) is 5.73. The van der Waals surface area contributed by atoms with Crippen LogP contribution in [-0.2, 0) is 19.6 Å². The van der Waals surface area contributed by atoms with Crippen LogP contribution in [0.5, 0.6) is 0 Å². The summed E-state index contributed by atoms with van der Waals surface area (Å²) in [6.07, 6.45) is 0. The molecule has 7 nitrogen and oxygen atoms in total. The summed E-state index contributed by atoms with van der Waals surface area (Å²) in [5, 5.41) is 5.23. The molecule has 0 heterocycles. The van der Waals surface area contributed by atoms with E-state index in [1.807, 2.05) is 13.8 Å². The Kier molecular flexibility index (Phi) is 6.28. The number of hydrogen-bond acceptors (Lipinski definition) is 4. The van der Waals surface area contributed by atoms with Gasteiger partial charge in [0.2, 0.25) is 21.8 Å². The molecule has 1 atom stereocenters. The van der Waals surface area contributed by atoms with Gasteiger partial charge in [-0.25, -0.2) is 12.7 Å². The van der Waals surface area contributed by atoms with Crippen molar-refractivity contribution in [2.45, 2.75) is 31.7 Å². The van der Waals surface area contributed by atoms with E-state index in [9.17, 15) is 18.0 Å². The van der Waals surface area contributed by atoms with Crippen LogP contribution in [-0.4, -0.2) is 44.7 Å². The van der Waals surface area contributed by atoms with E-state index < -0.39 is 22.0 Å². The number of amides is 2. The lowest BCUT2D eigenvalue weighted by atomic mass is 10.0. The smallest absolute Gasteiger partial charge is 0.247 e. The molecule has 0 radical (unpaired) electrons. The molecule has 23 heavy (non-hydrogen) atoms. The van der Waals surface area contributed by atoms with Gasteiger partial charge in [0.15, 0.2) is 0 Å². The van der Waals surface area contributed by atoms with Gasteiger partial charge in [0.1, 0.15) is 6.04 Å². The molecular formula is C15H23N3O4S. The van der Waals surface area contributed by atoms with Crippen molar-refractivity contribution in [2.75, 3.05) is 19.4 Å². The summed E-state index contributed by atoms with van der Waals surface area (Å²) >= 11 is 0. The highest BCUT2D eigenvalue weighted by molar-refractivity contribution is 7.89. The highest BCUT2D eigenvalue weighted by Crippen LogP contribution is 2.18. The van der Waals surface area contributed by atoms with Crippen LogP contribution in [0.25, 0.3) is 0 Å². The molecule has 0 aliphatic carbocycles. The maximum Gasteiger partial charge on any atom is 0.247 e. The molecule has 1 rings (SSSR count). The molecular weight excluding hydrogens is 318 g/mol. The maximum atomic E-state index is 12.3. The van der Waals surface area contributed by atoms with Gasteiger partial charge in [-0.15, -0.1) is 0 Å². The number of nitrogens with one attached hydrogen (secondary N) is 2. The molecule has 0 saturated heterocycles. The minimum Gasteiger partial charge on any atom is -0.344 e. The minimum atomic E-state index is -3.58. The monoisotopic (exact) mass is 341 g/mol. The number of hydrogen-bond donors (Lipinski definition) is 2. The van der Waals surface area contributed by atoms with Gasteiger partial charge in [-0.2, -0.15) is 0 Å². The molecule has 128 valence electrons. The highest BCUT2D eigenvalue weighted by atomic mass is 32.2. The number of carbonyl (C=O) groups is 2. The second kappa shape index (κ2) is 7.56. The van der Waals surface area contributed by atoms with E-state index in [2.05, 4.69) is 10.6 Å². The van der Waals surface area contributed by atoms with E-state index in [-0.39, 0.29) is 16.7 Å². The average molecular weight is 341 g/mol. The summed E-state index contributed by atoms with van der Waals surface area (Å²) in [6.45, 7) is 4.97. The zero-order valence-corrected chi connectivity index (χ0v) is 14.8. The van der Waals surface area contributed by atoms with Crippen LogP contribution in [0.3, 0.4) is 0 Å². The summed E-state index contributed by atoms with van der Waals surface area (Å²) in [6, 6.07) is 5.30. The summed E-state index contributed by atoms with van der Waals surface area (Å²) in [4.78, 5) is 23.6. The Morgan fingerprint density at radius 3 is 2.26 bits per heavy atom. The third kappa shape index (κ3) is 5.04. The lowest BCUT2D eigenvalue weighted by Gasteiger charge is -2.21. The number of anilines is 1. The van der Waals surface area contributed by atoms with Gasteiger partial charge in [0.25, 0.3) is 0 Å². The first-order chi connectivity index (χ1) is 10.6. The van der Waals surface area contributed by atoms with E-state index >= 15 is 0 Å². The largest absolute Gasteiger partial charge is 0.344 e. The standard InChI is InChI=1S/C15H23N3O4S/c1-10(2)14(16-11(3)19)15(20)17-12-7-6-8-13(9-12)23(21,22)18(4)5/h6-10,14H,1-5H3,(H,16,19)(H,17,20). The van der Waals surface area contributed by atoms with Crippen molar-refractivity contribution in [3.05, 3.63) is 24.3 Å². The Hall–Kier alpha value is -1.93. The van der Waals surface area contributed by atoms with E-state index in [4.69, 9.17) is 0 Å². The second-order valence-corrected chi connectivity index (χ2v) is 7.88. The molecule has 0 aliphatic heterocycles. The average Bonchev–Trinajstić information content (AvgIpc) is 2.44. The first-order valence-corrected chi connectivity index (χ1v) is 8.60. The van der Waals surface area contributed by atoms with Crippen molar-refractivity contribution >= 4 is 27.5 Å². The molecule has 1 unspecified atom stereocenters. The summed E-state index contributed by atoms with van der Waals surface area (Å²) < 4.78 is 25.3. The predicted molar refractivity (Wildman–Crippen MR) is 88.4 cm³/mol. The van der Waals surface area contributed by atoms with E-state index in [1.54, 1.807) is 12.1 Å². The molecule has 0 aliphatic rings. The fourth-order valence-electron chi connectivity index (χ4n) is 1.92. The maximum absolute atomic E-state index is 12.3. The van der Waals surface area contributed by atoms with Crippen LogP contribution in [0.2, 0.25) is 0 Å². The fourth-order valence-corrected chi connectivity index (χ4v) is 2.87. The topological polar surface area (TPSA) is 95.6 Å². The Morgan fingerprint density at radius 1 is 1.17 bits per heavy atom. The Bertz CT molecular complexity index is 684. The van der Waals surface area contributed by atoms with E-state index in [0.717, 1.165) is 4.31 Å². The summed E-state index contributed by atoms with van der Waals surface area (Å²) in [7, 11) is -0.705. The molecule has 2 N–H and O–H groups in total. The van der Waals surface area contributed by atoms with Gasteiger partial charge >= 0.3 is 0 Å². The number of nitrogens with zero attached hydrogens (tertiary/aromatic N) is 1. The normalized spacial score (nSPS) is 13.0. The van der Waals surface area contributed by atoms with E-state index in [1.165, 1.54) is 33.2 Å². The van der Waals surface area contributed by atoms with Crippen molar-refractivity contribution in [1.82, 2.24) is 9.62 Å². The molecule has 0 bridgehead atoms. The molecule has 0 fully saturated rings. The highest BCUT2D eigenvalue weighted by Gasteiger charge is 2.24. The molecule has 0 aromatic heterocycles. The first-order valence-electron chi connectivity index (χ1n) is 7.16. The van der Waals surface area contributed by atoms with Crippen molar-refractivity contribution in [3.8, 4) is 0 Å². The zero-order chi connectivity index (χ0) is 17.8. The van der Waals surface area contributed by atoms with Gasteiger partial charge in [0.05, 0.1) is 4.90 Å². The van der Waals surface area contributed by atoms with Crippen molar-refractivity contribution in [1.29, 1.82) is 0 Å². The lowest BCUT2D eigenvalue weighted by molar-refractivity contribution is -0.126. The minimum absolute atomic E-state index is 0.0842. The molecule has 2 amide bonds. The van der Waals surface area contributed by atoms with Gasteiger partial charge in [-0.05, 0) is 24.1 Å². The van der Waals surface area contributed by atoms with Crippen LogP contribution >= 0.6 is 0 Å². The van der Waals surface area contributed by atoms with Gasteiger partial charge in [0, 0.05) is 26.7 Å². The van der Waals surface area contributed by atoms with Crippen molar-refractivity contribution < 1.29 is 18.0 Å². The summed E-state index contributed by atoms with van der Waals surface area (Å²) in [5.41, 5.74) is 0.355. The fraction of sp³-hybridized carbons (Fsp3) is 0.467. The SMILES string of the molecule is CC(=O)NC(C(=O)Nc1cccc(S(=O)(=O)N(C)C)c1)C(C)C.